The number of hydrogen-bond acceptors (Lipinski definition) is 0. The van der Waals surface area contributed by atoms with E-state index >= 15 is 0 Å². The SMILES string of the molecule is BrCCC1CCC(CCBr)CC1. The van der Waals surface area contributed by atoms with Crippen molar-refractivity contribution in [3.8, 4) is 0 Å². The summed E-state index contributed by atoms with van der Waals surface area (Å²) in [6.07, 6.45) is 8.68. The van der Waals surface area contributed by atoms with E-state index in [0.717, 1.165) is 11.8 Å². The number of rotatable bonds is 4. The summed E-state index contributed by atoms with van der Waals surface area (Å²) in [5.74, 6) is 2.05. The van der Waals surface area contributed by atoms with Gasteiger partial charge in [-0.3, -0.25) is 0 Å². The first-order valence-corrected chi connectivity index (χ1v) is 7.23. The van der Waals surface area contributed by atoms with Gasteiger partial charge < -0.3 is 0 Å². The Morgan fingerprint density at radius 3 is 1.33 bits per heavy atom. The maximum Gasteiger partial charge on any atom is 0.00339 e. The fraction of sp³-hybridized carbons (Fsp3) is 1.00. The lowest BCUT2D eigenvalue weighted by atomic mass is 9.80. The van der Waals surface area contributed by atoms with Gasteiger partial charge in [-0.05, 0) is 24.7 Å². The van der Waals surface area contributed by atoms with Gasteiger partial charge in [-0.25, -0.2) is 0 Å². The van der Waals surface area contributed by atoms with E-state index < -0.39 is 0 Å². The molecule has 1 saturated carbocycles. The van der Waals surface area contributed by atoms with E-state index in [1.165, 1.54) is 49.2 Å². The molecule has 0 amide bonds. The van der Waals surface area contributed by atoms with E-state index in [2.05, 4.69) is 31.9 Å². The van der Waals surface area contributed by atoms with Crippen LogP contribution in [0.3, 0.4) is 0 Å². The van der Waals surface area contributed by atoms with Gasteiger partial charge in [-0.2, -0.15) is 0 Å². The minimum atomic E-state index is 1.02. The van der Waals surface area contributed by atoms with Gasteiger partial charge in [0.2, 0.25) is 0 Å². The average Bonchev–Trinajstić information content (AvgIpc) is 2.09. The van der Waals surface area contributed by atoms with Crippen LogP contribution in [0.25, 0.3) is 0 Å². The summed E-state index contributed by atoms with van der Waals surface area (Å²) in [7, 11) is 0. The van der Waals surface area contributed by atoms with Gasteiger partial charge in [0.1, 0.15) is 0 Å². The summed E-state index contributed by atoms with van der Waals surface area (Å²) in [4.78, 5) is 0. The van der Waals surface area contributed by atoms with E-state index in [-0.39, 0.29) is 0 Å². The van der Waals surface area contributed by atoms with Crippen LogP contribution in [0.1, 0.15) is 38.5 Å². The van der Waals surface area contributed by atoms with Crippen molar-refractivity contribution < 1.29 is 0 Å². The highest BCUT2D eigenvalue weighted by Gasteiger charge is 2.19. The van der Waals surface area contributed by atoms with Crippen LogP contribution in [0.15, 0.2) is 0 Å². The zero-order valence-corrected chi connectivity index (χ0v) is 10.7. The molecule has 1 fully saturated rings. The quantitative estimate of drug-likeness (QED) is 0.676. The molecule has 0 aromatic heterocycles. The Morgan fingerprint density at radius 1 is 0.750 bits per heavy atom. The Bertz CT molecular complexity index is 92.4. The number of alkyl halides is 2. The molecule has 12 heavy (non-hydrogen) atoms. The average molecular weight is 298 g/mol. The maximum absolute atomic E-state index is 3.52. The second kappa shape index (κ2) is 6.42. The minimum Gasteiger partial charge on any atom is -0.0928 e. The molecule has 0 atom stereocenters. The molecule has 1 aliphatic rings. The van der Waals surface area contributed by atoms with Gasteiger partial charge in [0.25, 0.3) is 0 Å². The molecule has 1 rings (SSSR count). The van der Waals surface area contributed by atoms with Gasteiger partial charge in [0.15, 0.2) is 0 Å². The second-order valence-corrected chi connectivity index (χ2v) is 5.43. The van der Waals surface area contributed by atoms with Crippen molar-refractivity contribution in [3.05, 3.63) is 0 Å². The van der Waals surface area contributed by atoms with Gasteiger partial charge in [0, 0.05) is 10.7 Å². The lowest BCUT2D eigenvalue weighted by Crippen LogP contribution is -2.15. The molecule has 72 valence electrons. The van der Waals surface area contributed by atoms with E-state index in [9.17, 15) is 0 Å². The first-order valence-electron chi connectivity index (χ1n) is 4.98. The second-order valence-electron chi connectivity index (χ2n) is 3.84. The van der Waals surface area contributed by atoms with Gasteiger partial charge in [-0.15, -0.1) is 0 Å². The fourth-order valence-corrected chi connectivity index (χ4v) is 3.41. The predicted octanol–water partition coefficient (Wildman–Crippen LogP) is 4.36. The Kier molecular flexibility index (Phi) is 5.90. The lowest BCUT2D eigenvalue weighted by Gasteiger charge is -2.27. The maximum atomic E-state index is 3.52. The van der Waals surface area contributed by atoms with Crippen LogP contribution < -0.4 is 0 Å². The summed E-state index contributed by atoms with van der Waals surface area (Å²) in [6.45, 7) is 0. The van der Waals surface area contributed by atoms with Crippen molar-refractivity contribution in [1.29, 1.82) is 0 Å². The van der Waals surface area contributed by atoms with Crippen LogP contribution in [-0.4, -0.2) is 10.7 Å². The van der Waals surface area contributed by atoms with Crippen molar-refractivity contribution in [3.63, 3.8) is 0 Å². The monoisotopic (exact) mass is 296 g/mol. The van der Waals surface area contributed by atoms with E-state index in [0.29, 0.717) is 0 Å². The summed E-state index contributed by atoms with van der Waals surface area (Å²) in [5.41, 5.74) is 0. The smallest absolute Gasteiger partial charge is 0.00339 e. The van der Waals surface area contributed by atoms with Crippen LogP contribution in [-0.2, 0) is 0 Å². The van der Waals surface area contributed by atoms with Crippen molar-refractivity contribution in [2.75, 3.05) is 10.7 Å². The number of halogens is 2. The summed E-state index contributed by atoms with van der Waals surface area (Å²) >= 11 is 7.05. The van der Waals surface area contributed by atoms with E-state index in [1.54, 1.807) is 0 Å². The third-order valence-electron chi connectivity index (χ3n) is 3.00. The highest BCUT2D eigenvalue weighted by Crippen LogP contribution is 2.32. The molecule has 0 heterocycles. The van der Waals surface area contributed by atoms with Gasteiger partial charge in [0.05, 0.1) is 0 Å². The molecule has 0 N–H and O–H groups in total. The van der Waals surface area contributed by atoms with Crippen LogP contribution in [0.4, 0.5) is 0 Å². The minimum absolute atomic E-state index is 1.02. The molecular weight excluding hydrogens is 280 g/mol. The number of hydrogen-bond donors (Lipinski definition) is 0. The largest absolute Gasteiger partial charge is 0.0928 e. The van der Waals surface area contributed by atoms with E-state index in [1.807, 2.05) is 0 Å². The van der Waals surface area contributed by atoms with Crippen molar-refractivity contribution in [1.82, 2.24) is 0 Å². The highest BCUT2D eigenvalue weighted by molar-refractivity contribution is 9.09. The van der Waals surface area contributed by atoms with Crippen molar-refractivity contribution in [2.24, 2.45) is 11.8 Å². The fourth-order valence-electron chi connectivity index (χ4n) is 2.12. The molecule has 0 bridgehead atoms. The molecule has 0 radical (unpaired) electrons. The van der Waals surface area contributed by atoms with Crippen LogP contribution in [0, 0.1) is 11.8 Å². The van der Waals surface area contributed by atoms with Crippen molar-refractivity contribution >= 4 is 31.9 Å². The lowest BCUT2D eigenvalue weighted by molar-refractivity contribution is 0.267. The predicted molar refractivity (Wildman–Crippen MR) is 62.3 cm³/mol. The highest BCUT2D eigenvalue weighted by atomic mass is 79.9. The van der Waals surface area contributed by atoms with Gasteiger partial charge in [-0.1, -0.05) is 57.5 Å². The zero-order chi connectivity index (χ0) is 8.81. The van der Waals surface area contributed by atoms with Crippen LogP contribution in [0.2, 0.25) is 0 Å². The van der Waals surface area contributed by atoms with Gasteiger partial charge >= 0.3 is 0 Å². The summed E-state index contributed by atoms with van der Waals surface area (Å²) in [5, 5.41) is 2.39. The first-order chi connectivity index (χ1) is 5.86. The van der Waals surface area contributed by atoms with E-state index in [4.69, 9.17) is 0 Å². The topological polar surface area (TPSA) is 0 Å². The Balaban J connectivity index is 2.11. The Labute approximate surface area is 92.8 Å². The molecular formula is C10H18Br2. The molecule has 2 heteroatoms. The molecule has 0 aliphatic heterocycles. The summed E-state index contributed by atoms with van der Waals surface area (Å²) in [6, 6.07) is 0. The molecule has 0 spiro atoms. The first kappa shape index (κ1) is 11.0. The molecule has 1 aliphatic carbocycles. The Hall–Kier alpha value is 0.960. The van der Waals surface area contributed by atoms with Crippen LogP contribution >= 0.6 is 31.9 Å². The third kappa shape index (κ3) is 3.78. The van der Waals surface area contributed by atoms with Crippen molar-refractivity contribution in [2.45, 2.75) is 38.5 Å². The summed E-state index contributed by atoms with van der Waals surface area (Å²) < 4.78 is 0. The molecule has 0 nitrogen and oxygen atoms in total. The zero-order valence-electron chi connectivity index (χ0n) is 7.57. The standard InChI is InChI=1S/C10H18Br2/c11-7-5-9-1-2-10(4-3-9)6-8-12/h9-10H,1-8H2. The molecule has 0 saturated heterocycles. The Morgan fingerprint density at radius 2 is 1.08 bits per heavy atom. The molecule has 0 aromatic rings. The molecule has 0 aromatic carbocycles. The molecule has 0 unspecified atom stereocenters. The van der Waals surface area contributed by atoms with Crippen LogP contribution in [0.5, 0.6) is 0 Å². The normalized spacial score (nSPS) is 30.5. The third-order valence-corrected chi connectivity index (χ3v) is 3.92.